The molecular weight excluding hydrogens is 294 g/mol. The first kappa shape index (κ1) is 15.0. The summed E-state index contributed by atoms with van der Waals surface area (Å²) >= 11 is 3.40. The van der Waals surface area contributed by atoms with Crippen LogP contribution in [0.4, 0.5) is 0 Å². The largest absolute Gasteiger partial charge is 0.497 e. The van der Waals surface area contributed by atoms with Crippen LogP contribution < -0.4 is 10.1 Å². The van der Waals surface area contributed by atoms with Gasteiger partial charge in [0, 0.05) is 0 Å². The number of carbonyl (C=O) groups is 1. The number of halogens is 1. The molecule has 1 amide bonds. The minimum Gasteiger partial charge on any atom is -0.497 e. The summed E-state index contributed by atoms with van der Waals surface area (Å²) in [4.78, 5) is 11.8. The summed E-state index contributed by atoms with van der Waals surface area (Å²) in [6, 6.07) is 7.69. The lowest BCUT2D eigenvalue weighted by atomic mass is 10.1. The maximum absolute atomic E-state index is 11.9. The van der Waals surface area contributed by atoms with Crippen molar-refractivity contribution in [2.24, 2.45) is 5.92 Å². The molecule has 0 bridgehead atoms. The second kappa shape index (κ2) is 6.78. The molecule has 0 aliphatic carbocycles. The topological polar surface area (TPSA) is 38.3 Å². The maximum Gasteiger partial charge on any atom is 0.234 e. The van der Waals surface area contributed by atoms with Crippen LogP contribution in [0.1, 0.15) is 32.4 Å². The van der Waals surface area contributed by atoms with Crippen molar-refractivity contribution in [3.63, 3.8) is 0 Å². The van der Waals surface area contributed by atoms with E-state index in [4.69, 9.17) is 4.74 Å². The van der Waals surface area contributed by atoms with Gasteiger partial charge in [0.2, 0.25) is 5.91 Å². The number of ether oxygens (including phenoxy) is 1. The molecular formula is C14H20BrNO2. The van der Waals surface area contributed by atoms with E-state index < -0.39 is 0 Å². The second-order valence-electron chi connectivity index (χ2n) is 4.65. The van der Waals surface area contributed by atoms with Gasteiger partial charge in [-0.05, 0) is 30.5 Å². The van der Waals surface area contributed by atoms with E-state index in [0.29, 0.717) is 0 Å². The van der Waals surface area contributed by atoms with Crippen molar-refractivity contribution < 1.29 is 9.53 Å². The predicted molar refractivity (Wildman–Crippen MR) is 77.1 cm³/mol. The van der Waals surface area contributed by atoms with Crippen LogP contribution in [0, 0.1) is 5.92 Å². The van der Waals surface area contributed by atoms with Crippen LogP contribution in [0.2, 0.25) is 0 Å². The molecule has 2 atom stereocenters. The standard InChI is InChI=1S/C14H20BrNO2/c1-9(2)13(15)14(17)16-10(3)11-6-5-7-12(8-11)18-4/h5-10,13H,1-4H3,(H,16,17)/t10-,13?/m0/s1. The summed E-state index contributed by atoms with van der Waals surface area (Å²) in [5.74, 6) is 1.08. The van der Waals surface area contributed by atoms with E-state index >= 15 is 0 Å². The first-order valence-corrected chi connectivity index (χ1v) is 6.95. The molecule has 0 heterocycles. The fraction of sp³-hybridized carbons (Fsp3) is 0.500. The molecule has 0 radical (unpaired) electrons. The maximum atomic E-state index is 11.9. The number of nitrogens with one attached hydrogen (secondary N) is 1. The van der Waals surface area contributed by atoms with E-state index in [1.54, 1.807) is 7.11 Å². The molecule has 0 saturated heterocycles. The first-order valence-electron chi connectivity index (χ1n) is 6.04. The van der Waals surface area contributed by atoms with Crippen molar-refractivity contribution >= 4 is 21.8 Å². The normalized spacial score (nSPS) is 14.1. The highest BCUT2D eigenvalue weighted by Gasteiger charge is 2.20. The fourth-order valence-electron chi connectivity index (χ4n) is 1.59. The Kier molecular flexibility index (Phi) is 5.66. The van der Waals surface area contributed by atoms with Crippen molar-refractivity contribution in [2.75, 3.05) is 7.11 Å². The van der Waals surface area contributed by atoms with Gasteiger partial charge in [-0.2, -0.15) is 0 Å². The third kappa shape index (κ3) is 4.02. The minimum absolute atomic E-state index is 0.0142. The van der Waals surface area contributed by atoms with Crippen molar-refractivity contribution in [1.29, 1.82) is 0 Å². The summed E-state index contributed by atoms with van der Waals surface area (Å²) in [6.07, 6.45) is 0. The lowest BCUT2D eigenvalue weighted by molar-refractivity contribution is -0.121. The molecule has 0 saturated carbocycles. The molecule has 1 N–H and O–H groups in total. The molecule has 0 aliphatic heterocycles. The smallest absolute Gasteiger partial charge is 0.234 e. The van der Waals surface area contributed by atoms with Gasteiger partial charge < -0.3 is 10.1 Å². The molecule has 1 unspecified atom stereocenters. The van der Waals surface area contributed by atoms with Gasteiger partial charge in [0.1, 0.15) is 5.75 Å². The Balaban J connectivity index is 2.70. The molecule has 0 aromatic heterocycles. The monoisotopic (exact) mass is 313 g/mol. The Morgan fingerprint density at radius 2 is 2.00 bits per heavy atom. The zero-order valence-electron chi connectivity index (χ0n) is 11.2. The van der Waals surface area contributed by atoms with Crippen molar-refractivity contribution in [2.45, 2.75) is 31.6 Å². The Morgan fingerprint density at radius 1 is 1.33 bits per heavy atom. The van der Waals surface area contributed by atoms with Gasteiger partial charge in [0.15, 0.2) is 0 Å². The number of benzene rings is 1. The van der Waals surface area contributed by atoms with Gasteiger partial charge in [0.25, 0.3) is 0 Å². The van der Waals surface area contributed by atoms with E-state index in [1.807, 2.05) is 45.0 Å². The van der Waals surface area contributed by atoms with Crippen LogP contribution in [-0.2, 0) is 4.79 Å². The fourth-order valence-corrected chi connectivity index (χ4v) is 1.72. The quantitative estimate of drug-likeness (QED) is 0.847. The molecule has 1 aromatic carbocycles. The number of alkyl halides is 1. The SMILES string of the molecule is COc1cccc([C@H](C)NC(=O)C(Br)C(C)C)c1. The second-order valence-corrected chi connectivity index (χ2v) is 5.64. The van der Waals surface area contributed by atoms with Crippen molar-refractivity contribution in [1.82, 2.24) is 5.32 Å². The highest BCUT2D eigenvalue weighted by Crippen LogP contribution is 2.20. The van der Waals surface area contributed by atoms with Crippen LogP contribution >= 0.6 is 15.9 Å². The van der Waals surface area contributed by atoms with Crippen molar-refractivity contribution in [3.05, 3.63) is 29.8 Å². The van der Waals surface area contributed by atoms with E-state index in [1.165, 1.54) is 0 Å². The van der Waals surface area contributed by atoms with Gasteiger partial charge in [-0.1, -0.05) is 41.9 Å². The van der Waals surface area contributed by atoms with E-state index in [9.17, 15) is 4.79 Å². The summed E-state index contributed by atoms with van der Waals surface area (Å²) in [7, 11) is 1.63. The average Bonchev–Trinajstić information content (AvgIpc) is 2.37. The molecule has 0 spiro atoms. The third-order valence-electron chi connectivity index (χ3n) is 2.79. The van der Waals surface area contributed by atoms with Crippen LogP contribution in [-0.4, -0.2) is 17.8 Å². The molecule has 1 rings (SSSR count). The van der Waals surface area contributed by atoms with Gasteiger partial charge in [-0.3, -0.25) is 4.79 Å². The lowest BCUT2D eigenvalue weighted by Gasteiger charge is -2.19. The molecule has 0 fully saturated rings. The number of amides is 1. The van der Waals surface area contributed by atoms with Crippen LogP contribution in [0.25, 0.3) is 0 Å². The van der Waals surface area contributed by atoms with Gasteiger partial charge in [-0.25, -0.2) is 0 Å². The number of hydrogen-bond acceptors (Lipinski definition) is 2. The number of carbonyl (C=O) groups excluding carboxylic acids is 1. The molecule has 4 heteroatoms. The summed E-state index contributed by atoms with van der Waals surface area (Å²) in [5.41, 5.74) is 1.03. The average molecular weight is 314 g/mol. The highest BCUT2D eigenvalue weighted by atomic mass is 79.9. The number of methoxy groups -OCH3 is 1. The molecule has 1 aromatic rings. The number of rotatable bonds is 5. The molecule has 0 aliphatic rings. The summed E-state index contributed by atoms with van der Waals surface area (Å²) < 4.78 is 5.17. The number of hydrogen-bond donors (Lipinski definition) is 1. The van der Waals surface area contributed by atoms with Crippen molar-refractivity contribution in [3.8, 4) is 5.75 Å². The molecule has 3 nitrogen and oxygen atoms in total. The molecule has 18 heavy (non-hydrogen) atoms. The van der Waals surface area contributed by atoms with E-state index in [0.717, 1.165) is 11.3 Å². The summed E-state index contributed by atoms with van der Waals surface area (Å²) in [5, 5.41) is 2.99. The van der Waals surface area contributed by atoms with Crippen LogP contribution in [0.15, 0.2) is 24.3 Å². The van der Waals surface area contributed by atoms with E-state index in [2.05, 4.69) is 21.2 Å². The Bertz CT molecular complexity index is 407. The third-order valence-corrected chi connectivity index (χ3v) is 4.26. The predicted octanol–water partition coefficient (Wildman–Crippen LogP) is 3.29. The van der Waals surface area contributed by atoms with E-state index in [-0.39, 0.29) is 22.7 Å². The lowest BCUT2D eigenvalue weighted by Crippen LogP contribution is -2.35. The van der Waals surface area contributed by atoms with Gasteiger partial charge in [0.05, 0.1) is 18.0 Å². The molecule has 100 valence electrons. The Labute approximate surface area is 117 Å². The Morgan fingerprint density at radius 3 is 2.56 bits per heavy atom. The highest BCUT2D eigenvalue weighted by molar-refractivity contribution is 9.10. The summed E-state index contributed by atoms with van der Waals surface area (Å²) in [6.45, 7) is 5.98. The Hall–Kier alpha value is -1.03. The minimum atomic E-state index is -0.162. The zero-order chi connectivity index (χ0) is 13.7. The van der Waals surface area contributed by atoms with Crippen LogP contribution in [0.3, 0.4) is 0 Å². The van der Waals surface area contributed by atoms with Gasteiger partial charge in [-0.15, -0.1) is 0 Å². The zero-order valence-corrected chi connectivity index (χ0v) is 12.8. The first-order chi connectivity index (χ1) is 8.45. The van der Waals surface area contributed by atoms with Gasteiger partial charge >= 0.3 is 0 Å². The van der Waals surface area contributed by atoms with Crippen LogP contribution in [0.5, 0.6) is 5.75 Å².